The fraction of sp³-hybridized carbons (Fsp3) is 0.276. The van der Waals surface area contributed by atoms with Crippen LogP contribution >= 0.6 is 0 Å². The Bertz CT molecular complexity index is 1330. The van der Waals surface area contributed by atoms with Crippen LogP contribution in [0.4, 0.5) is 0 Å². The molecule has 0 unspecified atom stereocenters. The smallest absolute Gasteiger partial charge is 0.272 e. The predicted molar refractivity (Wildman–Crippen MR) is 142 cm³/mol. The Morgan fingerprint density at radius 1 is 1.06 bits per heavy atom. The molecule has 0 N–H and O–H groups in total. The number of hydrogen-bond donors (Lipinski definition) is 0. The molecule has 4 aromatic rings. The number of amides is 1. The van der Waals surface area contributed by atoms with Gasteiger partial charge in [0, 0.05) is 19.8 Å². The van der Waals surface area contributed by atoms with Gasteiger partial charge in [0.25, 0.3) is 5.91 Å². The van der Waals surface area contributed by atoms with E-state index in [9.17, 15) is 4.79 Å². The Kier molecular flexibility index (Phi) is 8.34. The van der Waals surface area contributed by atoms with Crippen LogP contribution in [0.3, 0.4) is 0 Å². The lowest BCUT2D eigenvalue weighted by Crippen LogP contribution is -2.28. The summed E-state index contributed by atoms with van der Waals surface area (Å²) in [6, 6.07) is 19.4. The summed E-state index contributed by atoms with van der Waals surface area (Å²) in [5, 5.41) is 0. The number of rotatable bonds is 11. The molecule has 0 spiro atoms. The molecule has 1 amide bonds. The van der Waals surface area contributed by atoms with Gasteiger partial charge in [0.05, 0.1) is 31.3 Å². The Morgan fingerprint density at radius 3 is 2.67 bits per heavy atom. The maximum absolute atomic E-state index is 12.8. The first-order valence-electron chi connectivity index (χ1n) is 12.1. The zero-order valence-corrected chi connectivity index (χ0v) is 21.1. The molecular formula is C29H32N4O3. The van der Waals surface area contributed by atoms with Gasteiger partial charge in [0.1, 0.15) is 11.5 Å². The minimum atomic E-state index is -0.128. The van der Waals surface area contributed by atoms with Crippen molar-refractivity contribution in [2.24, 2.45) is 0 Å². The third kappa shape index (κ3) is 5.92. The molecule has 7 heteroatoms. The van der Waals surface area contributed by atoms with E-state index in [1.807, 2.05) is 61.5 Å². The highest BCUT2D eigenvalue weighted by atomic mass is 16.5. The second-order valence-corrected chi connectivity index (χ2v) is 8.51. The largest absolute Gasteiger partial charge is 0.493 e. The quantitative estimate of drug-likeness (QED) is 0.259. The van der Waals surface area contributed by atoms with Crippen molar-refractivity contribution >= 4 is 23.0 Å². The number of hydrogen-bond acceptors (Lipinski definition) is 5. The van der Waals surface area contributed by atoms with Gasteiger partial charge in [-0.3, -0.25) is 9.78 Å². The molecule has 7 nitrogen and oxygen atoms in total. The number of ether oxygens (including phenoxy) is 2. The van der Waals surface area contributed by atoms with Gasteiger partial charge in [0.15, 0.2) is 11.5 Å². The third-order valence-electron chi connectivity index (χ3n) is 5.92. The molecule has 0 aliphatic carbocycles. The molecule has 2 aromatic heterocycles. The van der Waals surface area contributed by atoms with E-state index in [0.29, 0.717) is 18.8 Å². The molecule has 0 bridgehead atoms. The molecule has 0 atom stereocenters. The van der Waals surface area contributed by atoms with E-state index < -0.39 is 0 Å². The summed E-state index contributed by atoms with van der Waals surface area (Å²) in [4.78, 5) is 23.5. The van der Waals surface area contributed by atoms with Crippen LogP contribution in [-0.4, -0.2) is 46.1 Å². The Balaban J connectivity index is 1.39. The van der Waals surface area contributed by atoms with Crippen LogP contribution in [0.1, 0.15) is 41.6 Å². The van der Waals surface area contributed by atoms with E-state index in [0.717, 1.165) is 53.3 Å². The number of methoxy groups -OCH3 is 1. The number of aromatic nitrogens is 3. The van der Waals surface area contributed by atoms with E-state index in [1.165, 1.54) is 0 Å². The SMILES string of the molecule is C/C=C/c1ccc(OCCCCn2c(CN(C)C(=O)c3ccccn3)nc3ccccc32)c(OC)c1. The van der Waals surface area contributed by atoms with E-state index in [2.05, 4.69) is 15.6 Å². The second kappa shape index (κ2) is 12.0. The summed E-state index contributed by atoms with van der Waals surface area (Å²) in [6.45, 7) is 3.75. The maximum Gasteiger partial charge on any atom is 0.272 e. The van der Waals surface area contributed by atoms with Gasteiger partial charge in [-0.2, -0.15) is 0 Å². The molecule has 4 rings (SSSR count). The van der Waals surface area contributed by atoms with Crippen molar-refractivity contribution in [3.05, 3.63) is 90.0 Å². The Hall–Kier alpha value is -4.13. The highest BCUT2D eigenvalue weighted by molar-refractivity contribution is 5.92. The molecule has 0 saturated heterocycles. The lowest BCUT2D eigenvalue weighted by molar-refractivity contribution is 0.0774. The van der Waals surface area contributed by atoms with E-state index >= 15 is 0 Å². The number of unbranched alkanes of at least 4 members (excludes halogenated alkanes) is 1. The van der Waals surface area contributed by atoms with Crippen LogP contribution in [0.25, 0.3) is 17.1 Å². The molecular weight excluding hydrogens is 452 g/mol. The zero-order chi connectivity index (χ0) is 25.3. The Morgan fingerprint density at radius 2 is 1.89 bits per heavy atom. The minimum Gasteiger partial charge on any atom is -0.493 e. The van der Waals surface area contributed by atoms with Gasteiger partial charge in [0.2, 0.25) is 0 Å². The topological polar surface area (TPSA) is 69.5 Å². The summed E-state index contributed by atoms with van der Waals surface area (Å²) < 4.78 is 13.7. The first-order chi connectivity index (χ1) is 17.6. The van der Waals surface area contributed by atoms with E-state index in [-0.39, 0.29) is 5.91 Å². The number of nitrogens with zero attached hydrogens (tertiary/aromatic N) is 4. The number of carbonyl (C=O) groups is 1. The molecule has 0 saturated carbocycles. The normalized spacial score (nSPS) is 11.2. The molecule has 2 aromatic carbocycles. The lowest BCUT2D eigenvalue weighted by atomic mass is 10.2. The van der Waals surface area contributed by atoms with Crippen LogP contribution in [0.2, 0.25) is 0 Å². The second-order valence-electron chi connectivity index (χ2n) is 8.51. The van der Waals surface area contributed by atoms with Gasteiger partial charge in [-0.15, -0.1) is 0 Å². The molecule has 0 radical (unpaired) electrons. The van der Waals surface area contributed by atoms with Crippen LogP contribution in [0.15, 0.2) is 72.9 Å². The first-order valence-corrected chi connectivity index (χ1v) is 12.1. The lowest BCUT2D eigenvalue weighted by Gasteiger charge is -2.18. The average molecular weight is 485 g/mol. The van der Waals surface area contributed by atoms with Gasteiger partial charge >= 0.3 is 0 Å². The number of allylic oxidation sites excluding steroid dienone is 1. The predicted octanol–water partition coefficient (Wildman–Crippen LogP) is 5.60. The maximum atomic E-state index is 12.8. The monoisotopic (exact) mass is 484 g/mol. The summed E-state index contributed by atoms with van der Waals surface area (Å²) in [5.74, 6) is 2.20. The van der Waals surface area contributed by atoms with Crippen molar-refractivity contribution in [3.8, 4) is 11.5 Å². The molecule has 2 heterocycles. The number of imidazole rings is 1. The van der Waals surface area contributed by atoms with Crippen molar-refractivity contribution < 1.29 is 14.3 Å². The molecule has 0 aliphatic heterocycles. The van der Waals surface area contributed by atoms with E-state index in [1.54, 1.807) is 37.4 Å². The number of carbonyl (C=O) groups excluding carboxylic acids is 1. The van der Waals surface area contributed by atoms with Crippen LogP contribution in [0.5, 0.6) is 11.5 Å². The highest BCUT2D eigenvalue weighted by Crippen LogP contribution is 2.29. The Labute approximate surface area is 212 Å². The average Bonchev–Trinajstić information content (AvgIpc) is 3.26. The minimum absolute atomic E-state index is 0.128. The summed E-state index contributed by atoms with van der Waals surface area (Å²) in [5.41, 5.74) is 3.49. The van der Waals surface area contributed by atoms with Crippen molar-refractivity contribution in [3.63, 3.8) is 0 Å². The summed E-state index contributed by atoms with van der Waals surface area (Å²) >= 11 is 0. The van der Waals surface area contributed by atoms with Crippen molar-refractivity contribution in [1.82, 2.24) is 19.4 Å². The first kappa shape index (κ1) is 25.0. The number of pyridine rings is 1. The zero-order valence-electron chi connectivity index (χ0n) is 21.1. The van der Waals surface area contributed by atoms with Crippen molar-refractivity contribution in [1.29, 1.82) is 0 Å². The number of fused-ring (bicyclic) bond motifs is 1. The number of benzene rings is 2. The molecule has 0 fully saturated rings. The fourth-order valence-electron chi connectivity index (χ4n) is 4.12. The van der Waals surface area contributed by atoms with E-state index in [4.69, 9.17) is 14.5 Å². The molecule has 186 valence electrons. The van der Waals surface area contributed by atoms with Crippen LogP contribution in [0, 0.1) is 0 Å². The number of aryl methyl sites for hydroxylation is 1. The number of para-hydroxylation sites is 2. The van der Waals surface area contributed by atoms with Gasteiger partial charge in [-0.1, -0.05) is 36.4 Å². The third-order valence-corrected chi connectivity index (χ3v) is 5.92. The summed E-state index contributed by atoms with van der Waals surface area (Å²) in [7, 11) is 3.44. The van der Waals surface area contributed by atoms with Crippen LogP contribution in [-0.2, 0) is 13.1 Å². The summed E-state index contributed by atoms with van der Waals surface area (Å²) in [6.07, 6.45) is 7.43. The van der Waals surface area contributed by atoms with Crippen LogP contribution < -0.4 is 9.47 Å². The van der Waals surface area contributed by atoms with Crippen molar-refractivity contribution in [2.75, 3.05) is 20.8 Å². The van der Waals surface area contributed by atoms with Crippen molar-refractivity contribution in [2.45, 2.75) is 32.9 Å². The van der Waals surface area contributed by atoms with Gasteiger partial charge in [-0.25, -0.2) is 4.98 Å². The fourth-order valence-corrected chi connectivity index (χ4v) is 4.12. The molecule has 36 heavy (non-hydrogen) atoms. The highest BCUT2D eigenvalue weighted by Gasteiger charge is 2.17. The van der Waals surface area contributed by atoms with Gasteiger partial charge < -0.3 is 18.9 Å². The molecule has 0 aliphatic rings. The van der Waals surface area contributed by atoms with Gasteiger partial charge in [-0.05, 0) is 61.7 Å². The standard InChI is InChI=1S/C29H32N4O3/c1-4-11-22-15-16-26(27(20-22)35-3)36-19-10-9-18-33-25-14-6-5-12-23(25)31-28(33)21-32(2)29(34)24-13-7-8-17-30-24/h4-8,11-17,20H,9-10,18-19,21H2,1-3H3/b11-4+.